The molecule has 12 heteroatoms. The van der Waals surface area contributed by atoms with Crippen molar-refractivity contribution < 1.29 is 30.8 Å². The average Bonchev–Trinajstić information content (AvgIpc) is 2.97. The maximum atomic E-state index is 15.5. The lowest BCUT2D eigenvalue weighted by Crippen LogP contribution is -2.48. The minimum absolute atomic E-state index is 0.0525. The number of ether oxygens (including phenoxy) is 1. The summed E-state index contributed by atoms with van der Waals surface area (Å²) in [6.07, 6.45) is 1.10. The zero-order chi connectivity index (χ0) is 23.8. The number of carbonyl (C=O) groups is 1. The fraction of sp³-hybridized carbons (Fsp3) is 0.286. The molecule has 0 spiro atoms. The Labute approximate surface area is 191 Å². The lowest BCUT2D eigenvalue weighted by Gasteiger charge is -2.33. The summed E-state index contributed by atoms with van der Waals surface area (Å²) in [5.74, 6) is 3.40. The number of benzene rings is 2. The summed E-state index contributed by atoms with van der Waals surface area (Å²) in [4.78, 5) is 11.7. The normalized spacial score (nSPS) is 18.2. The minimum atomic E-state index is -4.29. The molecule has 2 aromatic carbocycles. The van der Waals surface area contributed by atoms with Crippen LogP contribution < -0.4 is 13.8 Å². The molecule has 174 valence electrons. The molecule has 2 aliphatic heterocycles. The van der Waals surface area contributed by atoms with Gasteiger partial charge in [-0.25, -0.2) is 21.8 Å². The molecule has 0 unspecified atom stereocenters. The first-order valence-corrected chi connectivity index (χ1v) is 13.1. The van der Waals surface area contributed by atoms with Crippen molar-refractivity contribution in [3.8, 4) is 17.6 Å². The van der Waals surface area contributed by atoms with Crippen LogP contribution in [0.25, 0.3) is 0 Å². The van der Waals surface area contributed by atoms with Gasteiger partial charge in [-0.1, -0.05) is 42.2 Å². The fourth-order valence-corrected chi connectivity index (χ4v) is 5.42. The molecule has 2 aliphatic rings. The number of nitrogens with one attached hydrogen (secondary N) is 1. The Morgan fingerprint density at radius 3 is 2.48 bits per heavy atom. The number of sulfonamides is 1. The molecule has 0 aromatic heterocycles. The number of carbonyl (C=O) groups excluding carboxylic acids is 1. The van der Waals surface area contributed by atoms with Gasteiger partial charge in [0.1, 0.15) is 24.6 Å². The quantitative estimate of drug-likeness (QED) is 0.618. The highest BCUT2D eigenvalue weighted by Crippen LogP contribution is 2.36. The lowest BCUT2D eigenvalue weighted by atomic mass is 10.0. The third-order valence-corrected chi connectivity index (χ3v) is 7.73. The second kappa shape index (κ2) is 8.66. The molecule has 9 nitrogen and oxygen atoms in total. The zero-order valence-corrected chi connectivity index (χ0v) is 19.1. The van der Waals surface area contributed by atoms with Gasteiger partial charge >= 0.3 is 10.2 Å². The first-order valence-electron chi connectivity index (χ1n) is 9.84. The van der Waals surface area contributed by atoms with Gasteiger partial charge in [0.05, 0.1) is 11.8 Å². The Balaban J connectivity index is 1.65. The number of amides is 1. The number of hydrogen-bond donors (Lipinski definition) is 1. The molecular weight excluding hydrogens is 473 g/mol. The Morgan fingerprint density at radius 1 is 1.18 bits per heavy atom. The Morgan fingerprint density at radius 2 is 1.88 bits per heavy atom. The van der Waals surface area contributed by atoms with Gasteiger partial charge < -0.3 is 4.74 Å². The molecular formula is C21H20FN3O6S2. The van der Waals surface area contributed by atoms with Gasteiger partial charge in [-0.05, 0) is 17.7 Å². The van der Waals surface area contributed by atoms with Crippen molar-refractivity contribution in [3.63, 3.8) is 0 Å². The molecule has 4 rings (SSSR count). The van der Waals surface area contributed by atoms with Crippen LogP contribution in [0.3, 0.4) is 0 Å². The van der Waals surface area contributed by atoms with E-state index in [1.807, 2.05) is 10.8 Å². The summed E-state index contributed by atoms with van der Waals surface area (Å²) in [7, 11) is -7.59. The summed E-state index contributed by atoms with van der Waals surface area (Å²) in [6, 6.07) is 11.8. The third kappa shape index (κ3) is 4.95. The van der Waals surface area contributed by atoms with Crippen LogP contribution in [0.15, 0.2) is 42.5 Å². The van der Waals surface area contributed by atoms with Crippen LogP contribution in [0.5, 0.6) is 5.75 Å². The Hall–Kier alpha value is -3.14. The van der Waals surface area contributed by atoms with E-state index in [0.717, 1.165) is 11.8 Å². The molecule has 2 saturated heterocycles. The number of nitrogens with zero attached hydrogens (tertiary/aromatic N) is 2. The standard InChI is InChI=1S/C21H20FN3O6S2/c1-32(27,28)24-11-16(12-24)7-8-17-9-10-18(31-14-15-5-3-2-4-6-15)21(20(17)22)25-13-19(26)23-33(25,29)30/h2-6,9-10,16H,11-14H2,1H3,(H,23,26). The smallest absolute Gasteiger partial charge is 0.326 e. The molecule has 0 bridgehead atoms. The van der Waals surface area contributed by atoms with Crippen LogP contribution in [0, 0.1) is 23.6 Å². The van der Waals surface area contributed by atoms with Gasteiger partial charge in [0.25, 0.3) is 5.91 Å². The molecule has 2 aromatic rings. The predicted molar refractivity (Wildman–Crippen MR) is 118 cm³/mol. The van der Waals surface area contributed by atoms with E-state index in [2.05, 4.69) is 11.8 Å². The van der Waals surface area contributed by atoms with Crippen LogP contribution >= 0.6 is 0 Å². The SMILES string of the molecule is CS(=O)(=O)N1CC(C#Cc2ccc(OCc3ccccc3)c(N3CC(=O)NS3(=O)=O)c2F)C1. The summed E-state index contributed by atoms with van der Waals surface area (Å²) >= 11 is 0. The van der Waals surface area contributed by atoms with E-state index in [1.165, 1.54) is 16.4 Å². The van der Waals surface area contributed by atoms with Crippen molar-refractivity contribution in [1.29, 1.82) is 0 Å². The van der Waals surface area contributed by atoms with Gasteiger partial charge in [0.2, 0.25) is 10.0 Å². The van der Waals surface area contributed by atoms with E-state index in [1.54, 1.807) is 24.3 Å². The maximum absolute atomic E-state index is 15.5. The molecule has 0 atom stereocenters. The summed E-state index contributed by atoms with van der Waals surface area (Å²) in [6.45, 7) is -0.129. The number of halogens is 1. The van der Waals surface area contributed by atoms with Gasteiger partial charge in [-0.15, -0.1) is 0 Å². The van der Waals surface area contributed by atoms with Crippen molar-refractivity contribution in [2.45, 2.75) is 6.61 Å². The van der Waals surface area contributed by atoms with E-state index in [0.29, 0.717) is 4.31 Å². The van der Waals surface area contributed by atoms with E-state index >= 15 is 4.39 Å². The zero-order valence-electron chi connectivity index (χ0n) is 17.5. The van der Waals surface area contributed by atoms with Gasteiger partial charge in [-0.2, -0.15) is 12.7 Å². The fourth-order valence-electron chi connectivity index (χ4n) is 3.35. The van der Waals surface area contributed by atoms with Crippen molar-refractivity contribution in [2.24, 2.45) is 5.92 Å². The molecule has 1 N–H and O–H groups in total. The molecule has 2 fully saturated rings. The highest BCUT2D eigenvalue weighted by molar-refractivity contribution is 7.92. The number of hydrogen-bond acceptors (Lipinski definition) is 6. The van der Waals surface area contributed by atoms with Crippen LogP contribution in [0.2, 0.25) is 0 Å². The van der Waals surface area contributed by atoms with Crippen molar-refractivity contribution >= 4 is 31.8 Å². The van der Waals surface area contributed by atoms with Crippen LogP contribution in [-0.4, -0.2) is 52.9 Å². The molecule has 0 radical (unpaired) electrons. The molecule has 0 saturated carbocycles. The average molecular weight is 494 g/mol. The molecule has 2 heterocycles. The van der Waals surface area contributed by atoms with E-state index in [-0.39, 0.29) is 36.9 Å². The second-order valence-corrected chi connectivity index (χ2v) is 11.2. The van der Waals surface area contributed by atoms with Crippen LogP contribution in [-0.2, 0) is 31.6 Å². The topological polar surface area (TPSA) is 113 Å². The molecule has 33 heavy (non-hydrogen) atoms. The Bertz CT molecular complexity index is 1360. The summed E-state index contributed by atoms with van der Waals surface area (Å²) in [5.41, 5.74) is 0.276. The lowest BCUT2D eigenvalue weighted by molar-refractivity contribution is -0.117. The Kier molecular flexibility index (Phi) is 6.04. The van der Waals surface area contributed by atoms with Gasteiger partial charge in [0, 0.05) is 19.0 Å². The highest BCUT2D eigenvalue weighted by atomic mass is 32.2. The van der Waals surface area contributed by atoms with Crippen molar-refractivity contribution in [1.82, 2.24) is 9.03 Å². The minimum Gasteiger partial charge on any atom is -0.487 e. The first kappa shape index (κ1) is 23.0. The molecule has 1 amide bonds. The van der Waals surface area contributed by atoms with Gasteiger partial charge in [0.15, 0.2) is 5.82 Å². The monoisotopic (exact) mass is 493 g/mol. The van der Waals surface area contributed by atoms with Crippen molar-refractivity contribution in [3.05, 3.63) is 59.4 Å². The largest absolute Gasteiger partial charge is 0.487 e. The predicted octanol–water partition coefficient (Wildman–Crippen LogP) is 0.829. The van der Waals surface area contributed by atoms with Crippen LogP contribution in [0.4, 0.5) is 10.1 Å². The summed E-state index contributed by atoms with van der Waals surface area (Å²) < 4.78 is 72.6. The second-order valence-electron chi connectivity index (χ2n) is 7.63. The summed E-state index contributed by atoms with van der Waals surface area (Å²) in [5, 5.41) is 0. The van der Waals surface area contributed by atoms with E-state index in [4.69, 9.17) is 4.74 Å². The van der Waals surface area contributed by atoms with Crippen LogP contribution in [0.1, 0.15) is 11.1 Å². The number of rotatable bonds is 5. The highest BCUT2D eigenvalue weighted by Gasteiger charge is 2.38. The van der Waals surface area contributed by atoms with Gasteiger partial charge in [-0.3, -0.25) is 4.79 Å². The van der Waals surface area contributed by atoms with E-state index < -0.39 is 44.2 Å². The third-order valence-electron chi connectivity index (χ3n) is 5.11. The molecule has 0 aliphatic carbocycles. The first-order chi connectivity index (χ1) is 15.5. The van der Waals surface area contributed by atoms with E-state index in [9.17, 15) is 21.6 Å². The van der Waals surface area contributed by atoms with Crippen molar-refractivity contribution in [2.75, 3.05) is 30.2 Å². The maximum Gasteiger partial charge on any atom is 0.326 e. The number of anilines is 1.